The molecule has 0 bridgehead atoms. The highest BCUT2D eigenvalue weighted by Gasteiger charge is 2.13. The molecule has 0 aliphatic heterocycles. The number of rotatable bonds is 18. The van der Waals surface area contributed by atoms with Crippen LogP contribution in [0.15, 0.2) is 122 Å². The first kappa shape index (κ1) is 35.1. The van der Waals surface area contributed by atoms with Crippen molar-refractivity contribution in [3.05, 3.63) is 150 Å². The second kappa shape index (κ2) is 18.2. The van der Waals surface area contributed by atoms with Gasteiger partial charge in [-0.1, -0.05) is 54.6 Å². The highest BCUT2D eigenvalue weighted by molar-refractivity contribution is 5.81. The molecule has 0 atom stereocenters. The number of benzene rings is 3. The molecule has 51 heavy (non-hydrogen) atoms. The van der Waals surface area contributed by atoms with E-state index in [0.717, 1.165) is 19.6 Å². The molecule has 0 amide bonds. The van der Waals surface area contributed by atoms with Crippen LogP contribution in [0.4, 0.5) is 0 Å². The number of unbranched alkanes of at least 4 members (excludes halogenated alkanes) is 6. The van der Waals surface area contributed by atoms with Gasteiger partial charge in [-0.3, -0.25) is 0 Å². The summed E-state index contributed by atoms with van der Waals surface area (Å²) < 4.78 is 7.17. The molecule has 0 unspecified atom stereocenters. The summed E-state index contributed by atoms with van der Waals surface area (Å²) in [7, 11) is 0. The zero-order valence-electron chi connectivity index (χ0n) is 30.8. The van der Waals surface area contributed by atoms with Gasteiger partial charge in [0.1, 0.15) is 19.6 Å². The van der Waals surface area contributed by atoms with Crippen molar-refractivity contribution >= 4 is 21.5 Å². The summed E-state index contributed by atoms with van der Waals surface area (Å²) in [6, 6.07) is 31.8. The van der Waals surface area contributed by atoms with Crippen LogP contribution in [0, 0.1) is 0 Å². The summed E-state index contributed by atoms with van der Waals surface area (Å²) in [5, 5.41) is 5.30. The summed E-state index contributed by atoms with van der Waals surface area (Å²) in [6.45, 7) is 3.34. The number of aryl methyl sites for hydroxylation is 8. The Morgan fingerprint density at radius 1 is 0.373 bits per heavy atom. The lowest BCUT2D eigenvalue weighted by molar-refractivity contribution is -0.697. The smallest absolute Gasteiger partial charge is 0.176 e. The first-order valence-corrected chi connectivity index (χ1v) is 20.1. The minimum atomic E-state index is 1.09. The van der Waals surface area contributed by atoms with Gasteiger partial charge in [0.25, 0.3) is 0 Å². The second-order valence-corrected chi connectivity index (χ2v) is 15.2. The summed E-state index contributed by atoms with van der Waals surface area (Å²) >= 11 is 0. The maximum atomic E-state index is 2.54. The van der Waals surface area contributed by atoms with Gasteiger partial charge in [0, 0.05) is 53.8 Å². The lowest BCUT2D eigenvalue weighted by Crippen LogP contribution is -2.34. The summed E-state index contributed by atoms with van der Waals surface area (Å²) in [5.41, 5.74) is 7.84. The van der Waals surface area contributed by atoms with Gasteiger partial charge < -0.3 is 0 Å². The molecule has 0 saturated carbocycles. The molecule has 0 N–H and O–H groups in total. The lowest BCUT2D eigenvalue weighted by Gasteiger charge is -2.13. The third-order valence-corrected chi connectivity index (χ3v) is 11.1. The van der Waals surface area contributed by atoms with Gasteiger partial charge in [0.05, 0.1) is 0 Å². The van der Waals surface area contributed by atoms with E-state index < -0.39 is 0 Å². The van der Waals surface area contributed by atoms with Gasteiger partial charge in [-0.25, -0.2) is 13.7 Å². The van der Waals surface area contributed by atoms with Crippen LogP contribution in [-0.4, -0.2) is 0 Å². The summed E-state index contributed by atoms with van der Waals surface area (Å²) in [5.74, 6) is 0. The average molecular weight is 677 g/mol. The monoisotopic (exact) mass is 676 g/mol. The molecule has 0 fully saturated rings. The molecule has 1 aliphatic carbocycles. The molecule has 6 aromatic rings. The van der Waals surface area contributed by atoms with Crippen LogP contribution in [0.2, 0.25) is 0 Å². The Balaban J connectivity index is 0.891. The molecule has 3 aromatic carbocycles. The second-order valence-electron chi connectivity index (χ2n) is 15.2. The Morgan fingerprint density at radius 2 is 0.784 bits per heavy atom. The van der Waals surface area contributed by atoms with E-state index in [1.807, 2.05) is 0 Å². The van der Waals surface area contributed by atoms with E-state index in [1.54, 1.807) is 27.8 Å². The molecular weight excluding hydrogens is 619 g/mol. The number of fused-ring (bicyclic) bond motifs is 3. The van der Waals surface area contributed by atoms with E-state index in [9.17, 15) is 0 Å². The molecule has 7 rings (SSSR count). The van der Waals surface area contributed by atoms with Crippen molar-refractivity contribution < 1.29 is 13.7 Å². The minimum Gasteiger partial charge on any atom is -0.205 e. The van der Waals surface area contributed by atoms with Gasteiger partial charge in [0.15, 0.2) is 37.2 Å². The molecule has 1 aliphatic rings. The fourth-order valence-corrected chi connectivity index (χ4v) is 8.17. The van der Waals surface area contributed by atoms with Crippen LogP contribution in [-0.2, 0) is 51.7 Å². The van der Waals surface area contributed by atoms with Crippen LogP contribution in [0.1, 0.15) is 98.4 Å². The van der Waals surface area contributed by atoms with Crippen LogP contribution >= 0.6 is 0 Å². The number of hydrogen-bond donors (Lipinski definition) is 0. The van der Waals surface area contributed by atoms with Crippen LogP contribution in [0.5, 0.6) is 0 Å². The fourth-order valence-electron chi connectivity index (χ4n) is 8.17. The first-order valence-electron chi connectivity index (χ1n) is 20.1. The van der Waals surface area contributed by atoms with Gasteiger partial charge in [0.2, 0.25) is 0 Å². The molecule has 3 aromatic heterocycles. The van der Waals surface area contributed by atoms with Gasteiger partial charge in [-0.15, -0.1) is 0 Å². The SMILES string of the molecule is c1ccc2c[n+](CCCCCc3cc(CCCCC[n+]4ccc5c(c4)CCCC5)cc(CCCCC[n+]4ccc5ccccc5c4)c3)ccc2c1. The van der Waals surface area contributed by atoms with E-state index in [4.69, 9.17) is 0 Å². The van der Waals surface area contributed by atoms with E-state index in [0.29, 0.717) is 0 Å². The molecule has 0 saturated heterocycles. The highest BCUT2D eigenvalue weighted by atomic mass is 14.9. The zero-order chi connectivity index (χ0) is 34.5. The van der Waals surface area contributed by atoms with Gasteiger partial charge in [-0.05, 0) is 129 Å². The Kier molecular flexibility index (Phi) is 12.5. The zero-order valence-corrected chi connectivity index (χ0v) is 30.8. The van der Waals surface area contributed by atoms with Crippen molar-refractivity contribution in [1.29, 1.82) is 0 Å². The predicted molar refractivity (Wildman–Crippen MR) is 211 cm³/mol. The summed E-state index contributed by atoms with van der Waals surface area (Å²) in [6.07, 6.45) is 34.0. The third kappa shape index (κ3) is 10.3. The van der Waals surface area contributed by atoms with Crippen molar-refractivity contribution in [3.8, 4) is 0 Å². The first-order chi connectivity index (χ1) is 25.2. The van der Waals surface area contributed by atoms with Crippen molar-refractivity contribution in [2.75, 3.05) is 0 Å². The van der Waals surface area contributed by atoms with E-state index >= 15 is 0 Å². The normalized spacial score (nSPS) is 12.8. The maximum absolute atomic E-state index is 2.54. The largest absolute Gasteiger partial charge is 0.205 e. The van der Waals surface area contributed by atoms with E-state index in [2.05, 4.69) is 136 Å². The average Bonchev–Trinajstić information content (AvgIpc) is 3.17. The molecule has 3 nitrogen and oxygen atoms in total. The van der Waals surface area contributed by atoms with Gasteiger partial charge >= 0.3 is 0 Å². The maximum Gasteiger partial charge on any atom is 0.176 e. The van der Waals surface area contributed by atoms with Crippen molar-refractivity contribution in [3.63, 3.8) is 0 Å². The van der Waals surface area contributed by atoms with E-state index in [1.165, 1.54) is 124 Å². The van der Waals surface area contributed by atoms with E-state index in [-0.39, 0.29) is 0 Å². The van der Waals surface area contributed by atoms with Crippen molar-refractivity contribution in [2.24, 2.45) is 0 Å². The number of hydrogen-bond acceptors (Lipinski definition) is 0. The Bertz CT molecular complexity index is 1900. The molecule has 3 heterocycles. The Labute approximate surface area is 306 Å². The number of aromatic nitrogens is 3. The van der Waals surface area contributed by atoms with Crippen LogP contribution in [0.25, 0.3) is 21.5 Å². The molecule has 0 spiro atoms. The molecule has 0 radical (unpaired) electrons. The lowest BCUT2D eigenvalue weighted by atomic mass is 9.93. The Hall–Kier alpha value is -4.37. The standard InChI is InChI=1S/C48H58N3/c1(13-28-49-31-25-43-19-7-10-22-46(43)37-49)4-16-40-34-41(17-5-2-14-29-50-32-26-44-20-8-11-23-47(44)38-50)36-42(35-40)18-6-3-15-30-51-33-27-45-21-9-12-24-48(45)39-51/h7-8,10-11,19-20,22-23,25-27,31-39H,1-6,9,12-18,21,24,28-30H2/q+3. The third-order valence-electron chi connectivity index (χ3n) is 11.1. The molecule has 3 heteroatoms. The van der Waals surface area contributed by atoms with Gasteiger partial charge in [-0.2, -0.15) is 0 Å². The molecule has 262 valence electrons. The number of pyridine rings is 3. The van der Waals surface area contributed by atoms with Crippen LogP contribution in [0.3, 0.4) is 0 Å². The van der Waals surface area contributed by atoms with Crippen molar-refractivity contribution in [1.82, 2.24) is 0 Å². The predicted octanol–water partition coefficient (Wildman–Crippen LogP) is 9.97. The summed E-state index contributed by atoms with van der Waals surface area (Å²) in [4.78, 5) is 0. The fraction of sp³-hybridized carbons (Fsp3) is 0.396. The van der Waals surface area contributed by atoms with Crippen molar-refractivity contribution in [2.45, 2.75) is 122 Å². The highest BCUT2D eigenvalue weighted by Crippen LogP contribution is 2.20. The topological polar surface area (TPSA) is 11.6 Å². The Morgan fingerprint density at radius 3 is 1.27 bits per heavy atom. The quantitative estimate of drug-likeness (QED) is 0.0635. The number of nitrogens with zero attached hydrogens (tertiary/aromatic N) is 3. The minimum absolute atomic E-state index is 1.09. The molecular formula is C48H58N3+3. The van der Waals surface area contributed by atoms with Crippen LogP contribution < -0.4 is 13.7 Å².